The number of carbonyl (C=O) groups is 1. The fraction of sp³-hybridized carbons (Fsp3) is 0. The van der Waals surface area contributed by atoms with Crippen LogP contribution in [0.25, 0.3) is 0 Å². The van der Waals surface area contributed by atoms with Gasteiger partial charge in [0.15, 0.2) is 0 Å². The molecular weight excluding hydrogens is 153 g/mol. The molecule has 1 aromatic carbocycles. The molecule has 1 aromatic rings. The number of carbonyl (C=O) groups excluding carboxylic acids is 1. The Morgan fingerprint density at radius 3 is 2.27 bits per heavy atom. The van der Waals surface area contributed by atoms with Gasteiger partial charge in [-0.2, -0.15) is 5.90 Å². The van der Waals surface area contributed by atoms with Crippen molar-refractivity contribution in [3.05, 3.63) is 35.9 Å². The van der Waals surface area contributed by atoms with E-state index in [1.165, 1.54) is 0 Å². The molecule has 0 atom stereocenters. The molecule has 0 spiro atoms. The minimum absolute atomic E-state index is 0. The van der Waals surface area contributed by atoms with E-state index in [2.05, 4.69) is 10.7 Å². The molecule has 0 heterocycles. The first kappa shape index (κ1) is 10.7. The monoisotopic (exact) mass is 160 g/mol. The van der Waals surface area contributed by atoms with Gasteiger partial charge in [0.2, 0.25) is 0 Å². The third-order valence-corrected chi connectivity index (χ3v) is 1.12. The normalized spacial score (nSPS) is 8.09. The van der Waals surface area contributed by atoms with E-state index in [4.69, 9.17) is 0 Å². The Hall–Kier alpha value is -0.350. The quantitative estimate of drug-likeness (QED) is 0.372. The third kappa shape index (κ3) is 3.03. The van der Waals surface area contributed by atoms with Crippen LogP contribution in [0.5, 0.6) is 0 Å². The summed E-state index contributed by atoms with van der Waals surface area (Å²) in [5.74, 6) is 4.14. The standard InChI is InChI=1S/C7H7NO2.Na/c8-10-7(9)6-4-2-1-3-5-6;/h1-5H,8H2;/q;+1. The van der Waals surface area contributed by atoms with E-state index in [0.717, 1.165) is 0 Å². The summed E-state index contributed by atoms with van der Waals surface area (Å²) in [5, 5.41) is 0. The van der Waals surface area contributed by atoms with Crippen molar-refractivity contribution in [2.75, 3.05) is 0 Å². The Labute approximate surface area is 86.8 Å². The molecule has 0 saturated carbocycles. The van der Waals surface area contributed by atoms with Crippen molar-refractivity contribution in [1.29, 1.82) is 0 Å². The Balaban J connectivity index is 0.000001000. The molecule has 0 fully saturated rings. The summed E-state index contributed by atoms with van der Waals surface area (Å²) in [5.41, 5.74) is 0.463. The van der Waals surface area contributed by atoms with E-state index in [0.29, 0.717) is 5.56 Å². The summed E-state index contributed by atoms with van der Waals surface area (Å²) in [6, 6.07) is 8.57. The van der Waals surface area contributed by atoms with Crippen molar-refractivity contribution >= 4 is 5.97 Å². The molecule has 3 nitrogen and oxygen atoms in total. The number of nitrogens with two attached hydrogens (primary N) is 1. The van der Waals surface area contributed by atoms with Crippen LogP contribution in [0, 0.1) is 0 Å². The van der Waals surface area contributed by atoms with Crippen molar-refractivity contribution in [3.8, 4) is 0 Å². The van der Waals surface area contributed by atoms with Gasteiger partial charge in [0, 0.05) is 0 Å². The van der Waals surface area contributed by atoms with Gasteiger partial charge in [-0.15, -0.1) is 0 Å². The average Bonchev–Trinajstić information content (AvgIpc) is 2.05. The van der Waals surface area contributed by atoms with Crippen LogP contribution >= 0.6 is 0 Å². The summed E-state index contributed by atoms with van der Waals surface area (Å²) in [6.07, 6.45) is 0. The topological polar surface area (TPSA) is 52.3 Å². The van der Waals surface area contributed by atoms with Gasteiger partial charge in [0.05, 0.1) is 5.56 Å². The molecule has 11 heavy (non-hydrogen) atoms. The van der Waals surface area contributed by atoms with Crippen molar-refractivity contribution < 1.29 is 39.2 Å². The van der Waals surface area contributed by atoms with Crippen molar-refractivity contribution in [3.63, 3.8) is 0 Å². The van der Waals surface area contributed by atoms with Crippen molar-refractivity contribution in [2.24, 2.45) is 5.90 Å². The molecule has 0 unspecified atom stereocenters. The number of hydrogen-bond donors (Lipinski definition) is 1. The van der Waals surface area contributed by atoms with Gasteiger partial charge in [0.1, 0.15) is 0 Å². The van der Waals surface area contributed by atoms with E-state index < -0.39 is 5.97 Å². The summed E-state index contributed by atoms with van der Waals surface area (Å²) in [7, 11) is 0. The zero-order valence-corrected chi connectivity index (χ0v) is 8.28. The van der Waals surface area contributed by atoms with Gasteiger partial charge < -0.3 is 4.84 Å². The zero-order chi connectivity index (χ0) is 7.40. The van der Waals surface area contributed by atoms with Crippen LogP contribution in [0.4, 0.5) is 0 Å². The fourth-order valence-electron chi connectivity index (χ4n) is 0.642. The van der Waals surface area contributed by atoms with Gasteiger partial charge in [-0.1, -0.05) is 18.2 Å². The van der Waals surface area contributed by atoms with Gasteiger partial charge >= 0.3 is 35.5 Å². The molecule has 0 aliphatic carbocycles. The predicted octanol–water partition coefficient (Wildman–Crippen LogP) is -2.28. The second-order valence-electron chi connectivity index (χ2n) is 1.77. The van der Waals surface area contributed by atoms with Crippen LogP contribution in [0.3, 0.4) is 0 Å². The molecule has 0 aliphatic heterocycles. The maximum absolute atomic E-state index is 10.7. The van der Waals surface area contributed by atoms with Crippen LogP contribution < -0.4 is 35.5 Å². The third-order valence-electron chi connectivity index (χ3n) is 1.12. The Kier molecular flexibility index (Phi) is 5.15. The summed E-state index contributed by atoms with van der Waals surface area (Å²) >= 11 is 0. The van der Waals surface area contributed by atoms with Crippen LogP contribution in [0.15, 0.2) is 30.3 Å². The van der Waals surface area contributed by atoms with E-state index in [-0.39, 0.29) is 29.6 Å². The smallest absolute Gasteiger partial charge is 0.370 e. The summed E-state index contributed by atoms with van der Waals surface area (Å²) < 4.78 is 0. The van der Waals surface area contributed by atoms with Crippen LogP contribution in [0.1, 0.15) is 10.4 Å². The summed E-state index contributed by atoms with van der Waals surface area (Å²) in [4.78, 5) is 14.7. The van der Waals surface area contributed by atoms with Gasteiger partial charge in [-0.05, 0) is 12.1 Å². The van der Waals surface area contributed by atoms with E-state index in [9.17, 15) is 4.79 Å². The second kappa shape index (κ2) is 5.32. The minimum Gasteiger partial charge on any atom is -0.370 e. The van der Waals surface area contributed by atoms with E-state index in [1.54, 1.807) is 24.3 Å². The SMILES string of the molecule is NOC(=O)c1ccccc1.[Na+]. The number of hydrogen-bond acceptors (Lipinski definition) is 3. The molecule has 0 aromatic heterocycles. The average molecular weight is 160 g/mol. The first-order chi connectivity index (χ1) is 4.84. The first-order valence-corrected chi connectivity index (χ1v) is 2.80. The van der Waals surface area contributed by atoms with Crippen molar-refractivity contribution in [1.82, 2.24) is 0 Å². The fourth-order valence-corrected chi connectivity index (χ4v) is 0.642. The number of rotatable bonds is 1. The molecule has 0 aliphatic rings. The molecule has 2 N–H and O–H groups in total. The van der Waals surface area contributed by atoms with E-state index >= 15 is 0 Å². The molecule has 0 radical (unpaired) electrons. The Bertz CT molecular complexity index is 225. The Morgan fingerprint density at radius 1 is 1.27 bits per heavy atom. The molecule has 4 heteroatoms. The van der Waals surface area contributed by atoms with Gasteiger partial charge in [0.25, 0.3) is 0 Å². The molecule has 0 bridgehead atoms. The van der Waals surface area contributed by atoms with Crippen molar-refractivity contribution in [2.45, 2.75) is 0 Å². The summed E-state index contributed by atoms with van der Waals surface area (Å²) in [6.45, 7) is 0. The molecular formula is C7H7NNaO2+. The molecule has 1 rings (SSSR count). The van der Waals surface area contributed by atoms with Gasteiger partial charge in [-0.25, -0.2) is 4.79 Å². The van der Waals surface area contributed by atoms with Crippen LogP contribution in [-0.2, 0) is 4.84 Å². The molecule has 52 valence electrons. The largest absolute Gasteiger partial charge is 1.00 e. The number of benzene rings is 1. The molecule has 0 saturated heterocycles. The molecule has 0 amide bonds. The van der Waals surface area contributed by atoms with Crippen LogP contribution in [0.2, 0.25) is 0 Å². The maximum atomic E-state index is 10.7. The minimum atomic E-state index is -0.513. The second-order valence-corrected chi connectivity index (χ2v) is 1.77. The Morgan fingerprint density at radius 2 is 1.82 bits per heavy atom. The maximum Gasteiger partial charge on any atom is 1.00 e. The predicted molar refractivity (Wildman–Crippen MR) is 36.0 cm³/mol. The zero-order valence-electron chi connectivity index (χ0n) is 6.28. The van der Waals surface area contributed by atoms with Crippen LogP contribution in [-0.4, -0.2) is 5.97 Å². The van der Waals surface area contributed by atoms with Gasteiger partial charge in [-0.3, -0.25) is 0 Å². The van der Waals surface area contributed by atoms with E-state index in [1.807, 2.05) is 6.07 Å². The first-order valence-electron chi connectivity index (χ1n) is 2.80.